The van der Waals surface area contributed by atoms with E-state index in [2.05, 4.69) is 11.9 Å². The summed E-state index contributed by atoms with van der Waals surface area (Å²) in [5.41, 5.74) is 5.79. The first-order valence-electron chi connectivity index (χ1n) is 6.24. The fraction of sp³-hybridized carbons (Fsp3) is 0.917. The molecule has 0 aromatic rings. The van der Waals surface area contributed by atoms with Gasteiger partial charge in [-0.05, 0) is 32.9 Å². The van der Waals surface area contributed by atoms with Gasteiger partial charge < -0.3 is 15.5 Å². The van der Waals surface area contributed by atoms with Gasteiger partial charge in [0.25, 0.3) is 0 Å². The normalized spacial score (nSPS) is 23.4. The van der Waals surface area contributed by atoms with E-state index >= 15 is 0 Å². The molecule has 1 heterocycles. The Bertz CT molecular complexity index is 232. The van der Waals surface area contributed by atoms with Gasteiger partial charge in [0, 0.05) is 32.1 Å². The zero-order valence-electron chi connectivity index (χ0n) is 10.8. The van der Waals surface area contributed by atoms with Crippen molar-refractivity contribution in [3.63, 3.8) is 0 Å². The van der Waals surface area contributed by atoms with E-state index in [0.717, 1.165) is 19.5 Å². The molecule has 16 heavy (non-hydrogen) atoms. The lowest BCUT2D eigenvalue weighted by atomic mass is 10.1. The van der Waals surface area contributed by atoms with Gasteiger partial charge in [0.2, 0.25) is 5.91 Å². The number of likely N-dealkylation sites (N-methyl/N-ethyl adjacent to an activating group) is 2. The molecule has 0 bridgehead atoms. The topological polar surface area (TPSA) is 49.6 Å². The second kappa shape index (κ2) is 6.21. The number of likely N-dealkylation sites (tertiary alicyclic amines) is 1. The van der Waals surface area contributed by atoms with Crippen LogP contribution in [0.3, 0.4) is 0 Å². The lowest BCUT2D eigenvalue weighted by molar-refractivity contribution is -0.130. The van der Waals surface area contributed by atoms with Crippen LogP contribution < -0.4 is 5.73 Å². The third-order valence-corrected chi connectivity index (χ3v) is 3.54. The minimum atomic E-state index is 0.0104. The van der Waals surface area contributed by atoms with E-state index in [1.165, 1.54) is 12.8 Å². The van der Waals surface area contributed by atoms with E-state index < -0.39 is 0 Å². The number of nitrogens with zero attached hydrogens (tertiary/aromatic N) is 2. The van der Waals surface area contributed by atoms with Crippen molar-refractivity contribution in [2.24, 2.45) is 5.73 Å². The number of carbonyl (C=O) groups is 1. The SMILES string of the molecule is CCC(N)CC(=O)N(C)CC1CCCN1C. The molecule has 0 aromatic heterocycles. The minimum absolute atomic E-state index is 0.0104. The van der Waals surface area contributed by atoms with Gasteiger partial charge in [-0.25, -0.2) is 0 Å². The molecule has 1 amide bonds. The van der Waals surface area contributed by atoms with Gasteiger partial charge in [-0.1, -0.05) is 6.92 Å². The maximum atomic E-state index is 11.8. The zero-order chi connectivity index (χ0) is 12.1. The first kappa shape index (κ1) is 13.5. The number of rotatable bonds is 5. The molecule has 0 saturated carbocycles. The number of amides is 1. The molecule has 2 atom stereocenters. The van der Waals surface area contributed by atoms with Gasteiger partial charge in [-0.15, -0.1) is 0 Å². The summed E-state index contributed by atoms with van der Waals surface area (Å²) >= 11 is 0. The number of hydrogen-bond acceptors (Lipinski definition) is 3. The summed E-state index contributed by atoms with van der Waals surface area (Å²) in [5, 5.41) is 0. The average Bonchev–Trinajstić information content (AvgIpc) is 2.64. The minimum Gasteiger partial charge on any atom is -0.344 e. The van der Waals surface area contributed by atoms with Crippen molar-refractivity contribution < 1.29 is 4.79 Å². The Morgan fingerprint density at radius 3 is 2.81 bits per heavy atom. The lowest BCUT2D eigenvalue weighted by Gasteiger charge is -2.26. The Morgan fingerprint density at radius 1 is 1.62 bits per heavy atom. The second-order valence-electron chi connectivity index (χ2n) is 4.92. The lowest BCUT2D eigenvalue weighted by Crippen LogP contribution is -2.41. The second-order valence-corrected chi connectivity index (χ2v) is 4.92. The van der Waals surface area contributed by atoms with Gasteiger partial charge in [0.1, 0.15) is 0 Å². The van der Waals surface area contributed by atoms with Crippen LogP contribution in [0.2, 0.25) is 0 Å². The van der Waals surface area contributed by atoms with Gasteiger partial charge in [-0.3, -0.25) is 4.79 Å². The van der Waals surface area contributed by atoms with Gasteiger partial charge >= 0.3 is 0 Å². The number of carbonyl (C=O) groups excluding carboxylic acids is 1. The van der Waals surface area contributed by atoms with Crippen LogP contribution in [-0.2, 0) is 4.79 Å². The van der Waals surface area contributed by atoms with Crippen molar-refractivity contribution in [3.8, 4) is 0 Å². The first-order valence-corrected chi connectivity index (χ1v) is 6.24. The summed E-state index contributed by atoms with van der Waals surface area (Å²) in [6.45, 7) is 4.01. The van der Waals surface area contributed by atoms with E-state index in [1.54, 1.807) is 0 Å². The van der Waals surface area contributed by atoms with Crippen molar-refractivity contribution in [3.05, 3.63) is 0 Å². The summed E-state index contributed by atoms with van der Waals surface area (Å²) in [6, 6.07) is 0.544. The highest BCUT2D eigenvalue weighted by atomic mass is 16.2. The molecule has 2 unspecified atom stereocenters. The molecule has 1 saturated heterocycles. The van der Waals surface area contributed by atoms with Crippen molar-refractivity contribution in [2.75, 3.05) is 27.2 Å². The molecule has 1 fully saturated rings. The highest BCUT2D eigenvalue weighted by Gasteiger charge is 2.24. The highest BCUT2D eigenvalue weighted by Crippen LogP contribution is 2.15. The predicted molar refractivity (Wildman–Crippen MR) is 66.2 cm³/mol. The standard InChI is InChI=1S/C12H25N3O/c1-4-10(13)8-12(16)15(3)9-11-6-5-7-14(11)2/h10-11H,4-9,13H2,1-3H3. The number of nitrogens with two attached hydrogens (primary N) is 1. The molecular formula is C12H25N3O. The molecule has 0 spiro atoms. The fourth-order valence-corrected chi connectivity index (χ4v) is 2.15. The molecular weight excluding hydrogens is 202 g/mol. The quantitative estimate of drug-likeness (QED) is 0.751. The molecule has 1 aliphatic rings. The Morgan fingerprint density at radius 2 is 2.31 bits per heavy atom. The Balaban J connectivity index is 2.33. The summed E-state index contributed by atoms with van der Waals surface area (Å²) in [5.74, 6) is 0.176. The Hall–Kier alpha value is -0.610. The zero-order valence-corrected chi connectivity index (χ0v) is 10.8. The summed E-state index contributed by atoms with van der Waals surface area (Å²) in [4.78, 5) is 16.0. The molecule has 94 valence electrons. The predicted octanol–water partition coefficient (Wildman–Crippen LogP) is 0.666. The molecule has 4 heteroatoms. The van der Waals surface area contributed by atoms with Crippen molar-refractivity contribution in [2.45, 2.75) is 44.7 Å². The van der Waals surface area contributed by atoms with Crippen LogP contribution in [0.5, 0.6) is 0 Å². The Labute approximate surface area is 98.8 Å². The van der Waals surface area contributed by atoms with E-state index in [1.807, 2.05) is 18.9 Å². The van der Waals surface area contributed by atoms with E-state index in [4.69, 9.17) is 5.73 Å². The summed E-state index contributed by atoms with van der Waals surface area (Å²) in [6.07, 6.45) is 3.79. The highest BCUT2D eigenvalue weighted by molar-refractivity contribution is 5.76. The molecule has 0 aliphatic carbocycles. The van der Waals surface area contributed by atoms with Crippen LogP contribution in [0.25, 0.3) is 0 Å². The van der Waals surface area contributed by atoms with Gasteiger partial charge in [0.15, 0.2) is 0 Å². The monoisotopic (exact) mass is 227 g/mol. The molecule has 1 rings (SSSR count). The van der Waals surface area contributed by atoms with E-state index in [-0.39, 0.29) is 11.9 Å². The fourth-order valence-electron chi connectivity index (χ4n) is 2.15. The molecule has 4 nitrogen and oxygen atoms in total. The molecule has 1 aliphatic heterocycles. The van der Waals surface area contributed by atoms with Crippen LogP contribution in [-0.4, -0.2) is 55.0 Å². The van der Waals surface area contributed by atoms with Crippen LogP contribution in [0.4, 0.5) is 0 Å². The van der Waals surface area contributed by atoms with Crippen LogP contribution in [0.15, 0.2) is 0 Å². The van der Waals surface area contributed by atoms with Crippen LogP contribution in [0.1, 0.15) is 32.6 Å². The first-order chi connectivity index (χ1) is 7.54. The van der Waals surface area contributed by atoms with E-state index in [9.17, 15) is 4.79 Å². The molecule has 2 N–H and O–H groups in total. The smallest absolute Gasteiger partial charge is 0.223 e. The van der Waals surface area contributed by atoms with Crippen LogP contribution >= 0.6 is 0 Å². The number of hydrogen-bond donors (Lipinski definition) is 1. The maximum absolute atomic E-state index is 11.8. The third kappa shape index (κ3) is 3.76. The Kier molecular flexibility index (Phi) is 5.22. The van der Waals surface area contributed by atoms with Gasteiger partial charge in [-0.2, -0.15) is 0 Å². The average molecular weight is 227 g/mol. The van der Waals surface area contributed by atoms with Crippen molar-refractivity contribution in [1.29, 1.82) is 0 Å². The molecule has 0 aromatic carbocycles. The molecule has 0 radical (unpaired) electrons. The maximum Gasteiger partial charge on any atom is 0.223 e. The summed E-state index contributed by atoms with van der Waals surface area (Å²) in [7, 11) is 4.02. The van der Waals surface area contributed by atoms with Crippen LogP contribution in [0, 0.1) is 0 Å². The van der Waals surface area contributed by atoms with Crippen molar-refractivity contribution >= 4 is 5.91 Å². The van der Waals surface area contributed by atoms with E-state index in [0.29, 0.717) is 12.5 Å². The van der Waals surface area contributed by atoms with Crippen molar-refractivity contribution in [1.82, 2.24) is 9.80 Å². The summed E-state index contributed by atoms with van der Waals surface area (Å²) < 4.78 is 0. The van der Waals surface area contributed by atoms with Gasteiger partial charge in [0.05, 0.1) is 0 Å². The third-order valence-electron chi connectivity index (χ3n) is 3.54. The largest absolute Gasteiger partial charge is 0.344 e.